The van der Waals surface area contributed by atoms with E-state index in [9.17, 15) is 0 Å². The molecule has 0 unspecified atom stereocenters. The van der Waals surface area contributed by atoms with Crippen LogP contribution in [0.4, 0.5) is 33.4 Å². The number of rotatable bonds is 2. The summed E-state index contributed by atoms with van der Waals surface area (Å²) in [5, 5.41) is 2.64. The van der Waals surface area contributed by atoms with Crippen LogP contribution in [0, 0.1) is 13.8 Å². The van der Waals surface area contributed by atoms with Gasteiger partial charge in [0.15, 0.2) is 11.5 Å². The molecule has 3 aliphatic heterocycles. The number of benzene rings is 5. The van der Waals surface area contributed by atoms with Crippen molar-refractivity contribution in [3.05, 3.63) is 112 Å². The van der Waals surface area contributed by atoms with Gasteiger partial charge in [0, 0.05) is 39.4 Å². The molecule has 59 heavy (non-hydrogen) atoms. The highest BCUT2D eigenvalue weighted by atomic mass is 32.1. The molecular formula is C53H61BN2O2S. The van der Waals surface area contributed by atoms with Crippen LogP contribution in [0.1, 0.15) is 123 Å². The molecular weight excluding hydrogens is 739 g/mol. The first-order valence-electron chi connectivity index (χ1n) is 21.6. The normalized spacial score (nSPS) is 15.3. The molecule has 0 bridgehead atoms. The maximum Gasteiger partial charge on any atom is 0.254 e. The monoisotopic (exact) mass is 800 g/mol. The molecule has 0 N–H and O–H groups in total. The van der Waals surface area contributed by atoms with Gasteiger partial charge in [0.25, 0.3) is 6.71 Å². The van der Waals surface area contributed by atoms with Crippen molar-refractivity contribution < 1.29 is 9.47 Å². The van der Waals surface area contributed by atoms with Crippen molar-refractivity contribution in [2.75, 3.05) is 23.0 Å². The summed E-state index contributed by atoms with van der Waals surface area (Å²) in [7, 11) is 0. The molecule has 1 aromatic heterocycles. The molecule has 0 saturated heterocycles. The lowest BCUT2D eigenvalue weighted by atomic mass is 9.33. The van der Waals surface area contributed by atoms with E-state index in [0.717, 1.165) is 23.5 Å². The number of fused-ring (bicyclic) bond motifs is 7. The standard InChI is InChI=1S/C53H61BN2O2S/c1-31-26-43-48(58-25-15-24-57-43)32(2)47(31)56-42-30-36(53(12,13)14)29-41-46(42)54(45-38-27-34(51(6,7)8)19-23-44(38)59-49(45)56)39-28-35(52(9,10)11)18-22-40(39)55(41)37-20-16-33(17-21-37)50(3,4)5/h16-23,26-30H,15,24-25H2,1-14H3. The molecule has 0 saturated carbocycles. The van der Waals surface area contributed by atoms with Crippen LogP contribution in [-0.2, 0) is 21.7 Å². The van der Waals surface area contributed by atoms with E-state index in [0.29, 0.717) is 13.2 Å². The molecule has 304 valence electrons. The molecule has 4 nitrogen and oxygen atoms in total. The minimum absolute atomic E-state index is 0.00342. The minimum atomic E-state index is -0.109. The molecule has 4 heterocycles. The Morgan fingerprint density at radius 1 is 0.559 bits per heavy atom. The van der Waals surface area contributed by atoms with Crippen molar-refractivity contribution in [3.63, 3.8) is 0 Å². The summed E-state index contributed by atoms with van der Waals surface area (Å²) in [5.41, 5.74) is 17.8. The second-order valence-electron chi connectivity index (χ2n) is 21.4. The zero-order chi connectivity index (χ0) is 42.1. The lowest BCUT2D eigenvalue weighted by molar-refractivity contribution is 0.296. The van der Waals surface area contributed by atoms with E-state index >= 15 is 0 Å². The second kappa shape index (κ2) is 13.4. The zero-order valence-corrected chi connectivity index (χ0v) is 38.6. The third-order valence-electron chi connectivity index (χ3n) is 12.9. The lowest BCUT2D eigenvalue weighted by Gasteiger charge is -2.45. The Bertz CT molecular complexity index is 2660. The van der Waals surface area contributed by atoms with Crippen LogP contribution in [0.2, 0.25) is 0 Å². The van der Waals surface area contributed by atoms with E-state index in [4.69, 9.17) is 9.47 Å². The van der Waals surface area contributed by atoms with Gasteiger partial charge in [0.2, 0.25) is 0 Å². The Balaban J connectivity index is 1.45. The van der Waals surface area contributed by atoms with E-state index in [1.807, 2.05) is 11.3 Å². The van der Waals surface area contributed by atoms with Gasteiger partial charge in [-0.15, -0.1) is 11.3 Å². The Hall–Kier alpha value is -4.68. The Morgan fingerprint density at radius 2 is 1.14 bits per heavy atom. The summed E-state index contributed by atoms with van der Waals surface area (Å²) in [6.45, 7) is 33.8. The van der Waals surface area contributed by atoms with Crippen LogP contribution in [0.25, 0.3) is 10.1 Å². The number of hydrogen-bond acceptors (Lipinski definition) is 5. The molecule has 0 amide bonds. The van der Waals surface area contributed by atoms with Crippen molar-refractivity contribution >= 4 is 78.0 Å². The van der Waals surface area contributed by atoms with Crippen LogP contribution < -0.4 is 35.7 Å². The first-order chi connectivity index (χ1) is 27.6. The zero-order valence-electron chi connectivity index (χ0n) is 37.8. The van der Waals surface area contributed by atoms with Crippen molar-refractivity contribution in [1.82, 2.24) is 0 Å². The molecule has 6 aromatic rings. The maximum atomic E-state index is 6.55. The third-order valence-corrected chi connectivity index (χ3v) is 14.1. The summed E-state index contributed by atoms with van der Waals surface area (Å²) in [6.07, 6.45) is 0.869. The predicted octanol–water partition coefficient (Wildman–Crippen LogP) is 13.0. The van der Waals surface area contributed by atoms with E-state index in [1.54, 1.807) is 0 Å². The van der Waals surface area contributed by atoms with Gasteiger partial charge in [-0.1, -0.05) is 119 Å². The molecule has 5 aromatic carbocycles. The van der Waals surface area contributed by atoms with Crippen molar-refractivity contribution in [2.45, 2.75) is 125 Å². The van der Waals surface area contributed by atoms with Gasteiger partial charge >= 0.3 is 0 Å². The van der Waals surface area contributed by atoms with Crippen molar-refractivity contribution in [1.29, 1.82) is 0 Å². The third kappa shape index (κ3) is 6.47. The lowest BCUT2D eigenvalue weighted by Crippen LogP contribution is -2.61. The maximum absolute atomic E-state index is 6.55. The molecule has 9 rings (SSSR count). The van der Waals surface area contributed by atoms with Gasteiger partial charge in [-0.05, 0) is 128 Å². The average Bonchev–Trinajstić information content (AvgIpc) is 3.36. The van der Waals surface area contributed by atoms with Gasteiger partial charge in [-0.3, -0.25) is 0 Å². The van der Waals surface area contributed by atoms with Gasteiger partial charge < -0.3 is 19.3 Å². The Kier molecular flexibility index (Phi) is 9.04. The molecule has 3 aliphatic rings. The van der Waals surface area contributed by atoms with Gasteiger partial charge in [0.1, 0.15) is 0 Å². The van der Waals surface area contributed by atoms with Crippen molar-refractivity contribution in [2.24, 2.45) is 0 Å². The van der Waals surface area contributed by atoms with Gasteiger partial charge in [-0.25, -0.2) is 0 Å². The number of hydrogen-bond donors (Lipinski definition) is 0. The minimum Gasteiger partial charge on any atom is -0.490 e. The highest BCUT2D eigenvalue weighted by Gasteiger charge is 2.47. The number of thiophene rings is 1. The summed E-state index contributed by atoms with van der Waals surface area (Å²) in [5.74, 6) is 1.71. The molecule has 0 radical (unpaired) electrons. The van der Waals surface area contributed by atoms with Crippen LogP contribution in [0.3, 0.4) is 0 Å². The highest BCUT2D eigenvalue weighted by Crippen LogP contribution is 2.53. The van der Waals surface area contributed by atoms with E-state index in [1.165, 1.54) is 87.7 Å². The van der Waals surface area contributed by atoms with Crippen LogP contribution in [0.5, 0.6) is 11.5 Å². The quantitative estimate of drug-likeness (QED) is 0.163. The highest BCUT2D eigenvalue weighted by molar-refractivity contribution is 7.26. The van der Waals surface area contributed by atoms with E-state index in [-0.39, 0.29) is 28.4 Å². The SMILES string of the molecule is Cc1cc2c(c(C)c1N1c3cc(C(C)(C)C)cc4c3B(c3cc(C(C)(C)C)ccc3N4c3ccc(C(C)(C)C)cc3)c3c1sc1ccc(C(C)(C)C)cc31)OCCCO2. The predicted molar refractivity (Wildman–Crippen MR) is 256 cm³/mol. The summed E-state index contributed by atoms with van der Waals surface area (Å²) in [6, 6.07) is 31.2. The molecule has 0 fully saturated rings. The fourth-order valence-corrected chi connectivity index (χ4v) is 10.7. The fraction of sp³-hybridized carbons (Fsp3) is 0.396. The molecule has 6 heteroatoms. The Morgan fingerprint density at radius 3 is 1.78 bits per heavy atom. The largest absolute Gasteiger partial charge is 0.490 e. The molecule has 0 spiro atoms. The smallest absolute Gasteiger partial charge is 0.254 e. The van der Waals surface area contributed by atoms with Gasteiger partial charge in [0.05, 0.1) is 23.9 Å². The Labute approximate surface area is 357 Å². The number of nitrogens with zero attached hydrogens (tertiary/aromatic N) is 2. The van der Waals surface area contributed by atoms with E-state index < -0.39 is 0 Å². The van der Waals surface area contributed by atoms with Gasteiger partial charge in [-0.2, -0.15) is 0 Å². The number of aryl methyl sites for hydroxylation is 1. The van der Waals surface area contributed by atoms with Crippen LogP contribution in [0.15, 0.2) is 78.9 Å². The fourth-order valence-electron chi connectivity index (χ4n) is 9.46. The van der Waals surface area contributed by atoms with Crippen molar-refractivity contribution in [3.8, 4) is 11.5 Å². The summed E-state index contributed by atoms with van der Waals surface area (Å²) in [4.78, 5) is 5.20. The van der Waals surface area contributed by atoms with E-state index in [2.05, 4.69) is 186 Å². The molecule has 0 atom stereocenters. The average molecular weight is 801 g/mol. The first kappa shape index (κ1) is 39.8. The van der Waals surface area contributed by atoms with Crippen LogP contribution >= 0.6 is 11.3 Å². The van der Waals surface area contributed by atoms with Crippen LogP contribution in [-0.4, -0.2) is 19.9 Å². The number of anilines is 6. The first-order valence-corrected chi connectivity index (χ1v) is 22.4. The number of ether oxygens (including phenoxy) is 2. The summed E-state index contributed by atoms with van der Waals surface area (Å²) >= 11 is 1.93. The second-order valence-corrected chi connectivity index (χ2v) is 22.5. The topological polar surface area (TPSA) is 24.9 Å². The summed E-state index contributed by atoms with van der Waals surface area (Å²) < 4.78 is 14.2. The molecule has 0 aliphatic carbocycles.